The number of rotatable bonds is 5. The normalized spacial score (nSPS) is 11.8. The second-order valence-electron chi connectivity index (χ2n) is 5.38. The number of carbonyl (C=O) groups is 1. The van der Waals surface area contributed by atoms with Gasteiger partial charge in [-0.15, -0.1) is 11.8 Å². The number of nitrogens with zero attached hydrogens (tertiary/aromatic N) is 1. The van der Waals surface area contributed by atoms with Crippen molar-refractivity contribution >= 4 is 29.0 Å². The standard InChI is InChI=1S/C17H18N2O3S/c1-11-8-12(2)10-14(9-11)18-17(20)13(3)23-16-6-4-15(5-7-16)19(21)22/h4-10,13H,1-3H3,(H,18,20). The monoisotopic (exact) mass is 330 g/mol. The van der Waals surface area contributed by atoms with Crippen LogP contribution in [0.15, 0.2) is 47.4 Å². The molecule has 2 aromatic rings. The molecular formula is C17H18N2O3S. The van der Waals surface area contributed by atoms with Crippen molar-refractivity contribution in [2.45, 2.75) is 30.9 Å². The molecule has 0 aliphatic carbocycles. The molecule has 0 spiro atoms. The number of nitrogens with one attached hydrogen (secondary N) is 1. The smallest absolute Gasteiger partial charge is 0.269 e. The number of aryl methyl sites for hydroxylation is 2. The third-order valence-electron chi connectivity index (χ3n) is 3.22. The Morgan fingerprint density at radius 2 is 1.70 bits per heavy atom. The van der Waals surface area contributed by atoms with E-state index in [1.807, 2.05) is 39.0 Å². The van der Waals surface area contributed by atoms with Crippen LogP contribution in [0, 0.1) is 24.0 Å². The zero-order valence-corrected chi connectivity index (χ0v) is 14.0. The van der Waals surface area contributed by atoms with E-state index in [4.69, 9.17) is 0 Å². The molecule has 0 radical (unpaired) electrons. The van der Waals surface area contributed by atoms with Gasteiger partial charge in [-0.1, -0.05) is 6.07 Å². The first-order valence-corrected chi connectivity index (χ1v) is 8.03. The molecule has 5 nitrogen and oxygen atoms in total. The van der Waals surface area contributed by atoms with Crippen molar-refractivity contribution in [1.29, 1.82) is 0 Å². The summed E-state index contributed by atoms with van der Waals surface area (Å²) in [5, 5.41) is 13.2. The van der Waals surface area contributed by atoms with Crippen LogP contribution in [0.4, 0.5) is 11.4 Å². The molecule has 0 saturated heterocycles. The minimum Gasteiger partial charge on any atom is -0.325 e. The van der Waals surface area contributed by atoms with Crippen molar-refractivity contribution in [3.8, 4) is 0 Å². The molecular weight excluding hydrogens is 312 g/mol. The van der Waals surface area contributed by atoms with Crippen molar-refractivity contribution in [3.63, 3.8) is 0 Å². The SMILES string of the molecule is Cc1cc(C)cc(NC(=O)C(C)Sc2ccc([N+](=O)[O-])cc2)c1. The maximum absolute atomic E-state index is 12.3. The van der Waals surface area contributed by atoms with Gasteiger partial charge >= 0.3 is 0 Å². The van der Waals surface area contributed by atoms with Gasteiger partial charge in [-0.25, -0.2) is 0 Å². The second-order valence-corrected chi connectivity index (χ2v) is 6.79. The highest BCUT2D eigenvalue weighted by molar-refractivity contribution is 8.00. The van der Waals surface area contributed by atoms with Gasteiger partial charge in [0.1, 0.15) is 0 Å². The minimum absolute atomic E-state index is 0.0432. The molecule has 120 valence electrons. The fourth-order valence-electron chi connectivity index (χ4n) is 2.19. The molecule has 0 bridgehead atoms. The first kappa shape index (κ1) is 17.0. The first-order valence-electron chi connectivity index (χ1n) is 7.15. The van der Waals surface area contributed by atoms with E-state index in [0.717, 1.165) is 21.7 Å². The Morgan fingerprint density at radius 1 is 1.13 bits per heavy atom. The third-order valence-corrected chi connectivity index (χ3v) is 4.33. The maximum atomic E-state index is 12.3. The fraction of sp³-hybridized carbons (Fsp3) is 0.235. The number of amides is 1. The topological polar surface area (TPSA) is 72.2 Å². The third kappa shape index (κ3) is 4.82. The fourth-order valence-corrected chi connectivity index (χ4v) is 3.06. The van der Waals surface area contributed by atoms with E-state index in [-0.39, 0.29) is 16.8 Å². The van der Waals surface area contributed by atoms with E-state index in [2.05, 4.69) is 5.32 Å². The molecule has 2 aromatic carbocycles. The van der Waals surface area contributed by atoms with E-state index in [1.165, 1.54) is 23.9 Å². The number of nitro groups is 1. The molecule has 0 aromatic heterocycles. The summed E-state index contributed by atoms with van der Waals surface area (Å²) < 4.78 is 0. The van der Waals surface area contributed by atoms with Gasteiger partial charge in [0.05, 0.1) is 10.2 Å². The highest BCUT2D eigenvalue weighted by Crippen LogP contribution is 2.26. The van der Waals surface area contributed by atoms with Crippen molar-refractivity contribution < 1.29 is 9.72 Å². The van der Waals surface area contributed by atoms with Crippen molar-refractivity contribution in [2.75, 3.05) is 5.32 Å². The number of hydrogen-bond acceptors (Lipinski definition) is 4. The molecule has 0 aliphatic rings. The van der Waals surface area contributed by atoms with Crippen LogP contribution in [-0.2, 0) is 4.79 Å². The number of non-ortho nitro benzene ring substituents is 1. The van der Waals surface area contributed by atoms with Gasteiger partial charge in [-0.2, -0.15) is 0 Å². The van der Waals surface area contributed by atoms with Crippen molar-refractivity contribution in [2.24, 2.45) is 0 Å². The van der Waals surface area contributed by atoms with Crippen molar-refractivity contribution in [3.05, 3.63) is 63.7 Å². The molecule has 6 heteroatoms. The molecule has 1 amide bonds. The molecule has 0 saturated carbocycles. The zero-order chi connectivity index (χ0) is 17.0. The quantitative estimate of drug-likeness (QED) is 0.503. The number of nitro benzene ring substituents is 1. The van der Waals surface area contributed by atoms with Crippen LogP contribution in [0.5, 0.6) is 0 Å². The van der Waals surface area contributed by atoms with Gasteiger partial charge in [-0.3, -0.25) is 14.9 Å². The van der Waals surface area contributed by atoms with Gasteiger partial charge in [0, 0.05) is 22.7 Å². The largest absolute Gasteiger partial charge is 0.325 e. The summed E-state index contributed by atoms with van der Waals surface area (Å²) in [5.74, 6) is -0.0987. The summed E-state index contributed by atoms with van der Waals surface area (Å²) in [6.45, 7) is 5.78. The van der Waals surface area contributed by atoms with Crippen LogP contribution in [-0.4, -0.2) is 16.1 Å². The van der Waals surface area contributed by atoms with E-state index in [9.17, 15) is 14.9 Å². The predicted molar refractivity (Wildman–Crippen MR) is 93.0 cm³/mol. The summed E-state index contributed by atoms with van der Waals surface area (Å²) in [7, 11) is 0. The average molecular weight is 330 g/mol. The molecule has 0 heterocycles. The lowest BCUT2D eigenvalue weighted by molar-refractivity contribution is -0.384. The van der Waals surface area contributed by atoms with Gasteiger partial charge in [0.25, 0.3) is 5.69 Å². The Kier molecular flexibility index (Phi) is 5.39. The molecule has 1 N–H and O–H groups in total. The Balaban J connectivity index is 2.00. The second kappa shape index (κ2) is 7.28. The van der Waals surface area contributed by atoms with E-state index in [1.54, 1.807) is 12.1 Å². The highest BCUT2D eigenvalue weighted by Gasteiger charge is 2.15. The Labute approximate surface area is 139 Å². The molecule has 1 unspecified atom stereocenters. The number of anilines is 1. The van der Waals surface area contributed by atoms with Crippen LogP contribution in [0.1, 0.15) is 18.1 Å². The summed E-state index contributed by atoms with van der Waals surface area (Å²) >= 11 is 1.37. The summed E-state index contributed by atoms with van der Waals surface area (Å²) in [6.07, 6.45) is 0. The summed E-state index contributed by atoms with van der Waals surface area (Å²) in [4.78, 5) is 23.3. The molecule has 0 fully saturated rings. The lowest BCUT2D eigenvalue weighted by Crippen LogP contribution is -2.22. The molecule has 1 atom stereocenters. The maximum Gasteiger partial charge on any atom is 0.269 e. The zero-order valence-electron chi connectivity index (χ0n) is 13.2. The van der Waals surface area contributed by atoms with Crippen LogP contribution in [0.3, 0.4) is 0 Å². The van der Waals surface area contributed by atoms with Crippen LogP contribution in [0.2, 0.25) is 0 Å². The van der Waals surface area contributed by atoms with E-state index < -0.39 is 4.92 Å². The molecule has 2 rings (SSSR count). The minimum atomic E-state index is -0.440. The number of thioether (sulfide) groups is 1. The van der Waals surface area contributed by atoms with E-state index >= 15 is 0 Å². The number of benzene rings is 2. The lowest BCUT2D eigenvalue weighted by atomic mass is 10.1. The predicted octanol–water partition coefficient (Wildman–Crippen LogP) is 4.33. The number of carbonyl (C=O) groups excluding carboxylic acids is 1. The van der Waals surface area contributed by atoms with Crippen LogP contribution < -0.4 is 5.32 Å². The Bertz CT molecular complexity index is 709. The average Bonchev–Trinajstić information content (AvgIpc) is 2.46. The number of hydrogen-bond donors (Lipinski definition) is 1. The van der Waals surface area contributed by atoms with Gasteiger partial charge < -0.3 is 5.32 Å². The van der Waals surface area contributed by atoms with Gasteiger partial charge in [-0.05, 0) is 56.2 Å². The Morgan fingerprint density at radius 3 is 2.22 bits per heavy atom. The summed E-state index contributed by atoms with van der Waals surface area (Å²) in [5.41, 5.74) is 3.01. The molecule has 23 heavy (non-hydrogen) atoms. The first-order chi connectivity index (χ1) is 10.8. The lowest BCUT2D eigenvalue weighted by Gasteiger charge is -2.13. The van der Waals surface area contributed by atoms with Crippen molar-refractivity contribution in [1.82, 2.24) is 0 Å². The van der Waals surface area contributed by atoms with Crippen LogP contribution in [0.25, 0.3) is 0 Å². The van der Waals surface area contributed by atoms with Crippen LogP contribution >= 0.6 is 11.8 Å². The van der Waals surface area contributed by atoms with Gasteiger partial charge in [0.2, 0.25) is 5.91 Å². The molecule has 0 aliphatic heterocycles. The summed E-state index contributed by atoms with van der Waals surface area (Å²) in [6, 6.07) is 12.1. The Hall–Kier alpha value is -2.34. The van der Waals surface area contributed by atoms with E-state index in [0.29, 0.717) is 0 Å². The highest BCUT2D eigenvalue weighted by atomic mass is 32.2. The van der Waals surface area contributed by atoms with Gasteiger partial charge in [0.15, 0.2) is 0 Å².